The van der Waals surface area contributed by atoms with Crippen LogP contribution < -0.4 is 5.73 Å². The van der Waals surface area contributed by atoms with Gasteiger partial charge in [0.25, 0.3) is 0 Å². The molecule has 0 saturated carbocycles. The first-order valence-electron chi connectivity index (χ1n) is 12.3. The number of fused-ring (bicyclic) bond motifs is 1. The molecule has 0 aliphatic carbocycles. The number of anilines is 1. The van der Waals surface area contributed by atoms with Crippen LogP contribution in [0.5, 0.6) is 0 Å². The number of nitrogens with zero attached hydrogens (tertiary/aromatic N) is 1. The van der Waals surface area contributed by atoms with Crippen molar-refractivity contribution in [2.45, 2.75) is 45.1 Å². The molecular weight excluding hydrogens is 448 g/mol. The van der Waals surface area contributed by atoms with Gasteiger partial charge in [0.1, 0.15) is 0 Å². The molecule has 36 heavy (non-hydrogen) atoms. The van der Waals surface area contributed by atoms with Crippen LogP contribution in [-0.2, 0) is 34.6 Å². The van der Waals surface area contributed by atoms with Crippen LogP contribution in [0.25, 0.3) is 17.0 Å². The second kappa shape index (κ2) is 11.6. The zero-order valence-electron chi connectivity index (χ0n) is 21.2. The minimum Gasteiger partial charge on any atom is -0.398 e. The molecule has 4 aromatic rings. The lowest BCUT2D eigenvalue weighted by Gasteiger charge is -2.28. The van der Waals surface area contributed by atoms with Crippen LogP contribution in [0.15, 0.2) is 85.4 Å². The Morgan fingerprint density at radius 1 is 0.944 bits per heavy atom. The molecule has 3 aromatic carbocycles. The number of ether oxygens (including phenoxy) is 2. The maximum atomic E-state index is 10.9. The third kappa shape index (κ3) is 6.24. The number of aliphatic hydroxyl groups excluding tert-OH is 1. The number of nitrogen functional groups attached to an aromatic ring is 1. The van der Waals surface area contributed by atoms with Gasteiger partial charge in [-0.2, -0.15) is 0 Å². The van der Waals surface area contributed by atoms with E-state index in [0.717, 1.165) is 33.3 Å². The fourth-order valence-electron chi connectivity index (χ4n) is 4.50. The third-order valence-electron chi connectivity index (χ3n) is 6.41. The van der Waals surface area contributed by atoms with Crippen LogP contribution in [0.1, 0.15) is 36.2 Å². The highest BCUT2D eigenvalue weighted by Crippen LogP contribution is 2.33. The quantitative estimate of drug-likeness (QED) is 0.244. The van der Waals surface area contributed by atoms with E-state index in [4.69, 9.17) is 15.2 Å². The Kier molecular flexibility index (Phi) is 8.26. The van der Waals surface area contributed by atoms with Crippen molar-refractivity contribution >= 4 is 22.7 Å². The topological polar surface area (TPSA) is 69.6 Å². The summed E-state index contributed by atoms with van der Waals surface area (Å²) < 4.78 is 14.1. The van der Waals surface area contributed by atoms with Gasteiger partial charge < -0.3 is 24.9 Å². The lowest BCUT2D eigenvalue weighted by Crippen LogP contribution is -2.30. The number of aromatic nitrogens is 1. The van der Waals surface area contributed by atoms with Crippen LogP contribution in [0, 0.1) is 0 Å². The minimum atomic E-state index is -0.672. The predicted octanol–water partition coefficient (Wildman–Crippen LogP) is 5.94. The van der Waals surface area contributed by atoms with Gasteiger partial charge in [0, 0.05) is 27.7 Å². The van der Waals surface area contributed by atoms with E-state index in [2.05, 4.69) is 43.2 Å². The molecule has 3 N–H and O–H groups in total. The number of hydrogen-bond donors (Lipinski definition) is 2. The Morgan fingerprint density at radius 2 is 1.56 bits per heavy atom. The number of rotatable bonds is 12. The van der Waals surface area contributed by atoms with Crippen LogP contribution in [0.2, 0.25) is 0 Å². The molecule has 188 valence electrons. The number of benzene rings is 3. The Hall–Kier alpha value is -3.38. The van der Waals surface area contributed by atoms with E-state index >= 15 is 0 Å². The molecule has 0 saturated heterocycles. The van der Waals surface area contributed by atoms with Crippen molar-refractivity contribution < 1.29 is 14.6 Å². The summed E-state index contributed by atoms with van der Waals surface area (Å²) in [4.78, 5) is 0. The van der Waals surface area contributed by atoms with Crippen molar-refractivity contribution in [2.75, 3.05) is 18.9 Å². The van der Waals surface area contributed by atoms with Crippen molar-refractivity contribution in [3.05, 3.63) is 108 Å². The molecule has 0 unspecified atom stereocenters. The van der Waals surface area contributed by atoms with E-state index in [1.165, 1.54) is 0 Å². The fraction of sp³-hybridized carbons (Fsp3) is 0.290. The summed E-state index contributed by atoms with van der Waals surface area (Å²) in [6.45, 7) is 10.4. The molecule has 0 aliphatic heterocycles. The summed E-state index contributed by atoms with van der Waals surface area (Å²) in [5.41, 5.74) is 11.8. The first kappa shape index (κ1) is 25.7. The Morgan fingerprint density at radius 3 is 2.17 bits per heavy atom. The second-order valence-electron chi connectivity index (χ2n) is 9.90. The predicted molar refractivity (Wildman–Crippen MR) is 148 cm³/mol. The van der Waals surface area contributed by atoms with Gasteiger partial charge in [-0.05, 0) is 34.9 Å². The number of nitrogens with two attached hydrogens (primary N) is 1. The molecule has 5 heteroatoms. The molecule has 1 aromatic heterocycles. The first-order chi connectivity index (χ1) is 17.4. The van der Waals surface area contributed by atoms with Gasteiger partial charge in [0.2, 0.25) is 0 Å². The molecular formula is C31H36N2O3. The van der Waals surface area contributed by atoms with Gasteiger partial charge >= 0.3 is 0 Å². The van der Waals surface area contributed by atoms with E-state index in [0.29, 0.717) is 32.1 Å². The maximum Gasteiger partial charge on any atom is 0.0952 e. The summed E-state index contributed by atoms with van der Waals surface area (Å²) in [5, 5.41) is 12.0. The highest BCUT2D eigenvalue weighted by Gasteiger charge is 2.27. The van der Waals surface area contributed by atoms with Crippen LogP contribution in [0.3, 0.4) is 0 Å². The van der Waals surface area contributed by atoms with E-state index in [1.807, 2.05) is 60.7 Å². The molecule has 0 fully saturated rings. The van der Waals surface area contributed by atoms with E-state index < -0.39 is 6.10 Å². The van der Waals surface area contributed by atoms with Crippen molar-refractivity contribution in [2.24, 2.45) is 0 Å². The molecule has 1 atom stereocenters. The lowest BCUT2D eigenvalue weighted by molar-refractivity contribution is 0.0195. The van der Waals surface area contributed by atoms with E-state index in [1.54, 1.807) is 6.08 Å². The standard InChI is InChI=1S/C31H36N2O3/c1-4-25-16-29-26(15-28(25)32)17-30(31(2,3)22-36-20-24-13-9-6-10-14-24)33(29)18-27(34)21-35-19-23-11-7-5-8-12-23/h4-17,27,34H,1,18-22,32H2,2-3H3/t27-/m1/s1. The van der Waals surface area contributed by atoms with Crippen molar-refractivity contribution in [3.63, 3.8) is 0 Å². The smallest absolute Gasteiger partial charge is 0.0952 e. The molecule has 4 rings (SSSR count). The van der Waals surface area contributed by atoms with Crippen molar-refractivity contribution in [1.29, 1.82) is 0 Å². The van der Waals surface area contributed by atoms with Crippen LogP contribution in [-0.4, -0.2) is 29.0 Å². The molecule has 0 bridgehead atoms. The highest BCUT2D eigenvalue weighted by molar-refractivity contribution is 5.89. The molecule has 5 nitrogen and oxygen atoms in total. The normalized spacial score (nSPS) is 12.6. The third-order valence-corrected chi connectivity index (χ3v) is 6.41. The van der Waals surface area contributed by atoms with E-state index in [9.17, 15) is 5.11 Å². The van der Waals surface area contributed by atoms with Gasteiger partial charge in [-0.1, -0.05) is 87.2 Å². The summed E-state index contributed by atoms with van der Waals surface area (Å²) in [7, 11) is 0. The Bertz CT molecular complexity index is 1280. The van der Waals surface area contributed by atoms with Gasteiger partial charge in [-0.3, -0.25) is 0 Å². The zero-order valence-corrected chi connectivity index (χ0v) is 21.2. The van der Waals surface area contributed by atoms with Gasteiger partial charge in [0.15, 0.2) is 0 Å². The minimum absolute atomic E-state index is 0.238. The average Bonchev–Trinajstić information content (AvgIpc) is 3.22. The largest absolute Gasteiger partial charge is 0.398 e. The first-order valence-corrected chi connectivity index (χ1v) is 12.3. The second-order valence-corrected chi connectivity index (χ2v) is 9.90. The van der Waals surface area contributed by atoms with E-state index in [-0.39, 0.29) is 12.0 Å². The van der Waals surface area contributed by atoms with Gasteiger partial charge in [-0.25, -0.2) is 0 Å². The van der Waals surface area contributed by atoms with Crippen LogP contribution in [0.4, 0.5) is 5.69 Å². The van der Waals surface area contributed by atoms with Crippen LogP contribution >= 0.6 is 0 Å². The zero-order chi connectivity index (χ0) is 25.5. The maximum absolute atomic E-state index is 10.9. The lowest BCUT2D eigenvalue weighted by atomic mass is 9.90. The molecule has 1 heterocycles. The fourth-order valence-corrected chi connectivity index (χ4v) is 4.50. The number of aliphatic hydroxyl groups is 1. The molecule has 0 amide bonds. The summed E-state index contributed by atoms with van der Waals surface area (Å²) >= 11 is 0. The number of hydrogen-bond acceptors (Lipinski definition) is 4. The SMILES string of the molecule is C=Cc1cc2c(cc1N)cc(C(C)(C)COCc1ccccc1)n2C[C@@H](O)COCc1ccccc1. The van der Waals surface area contributed by atoms with Crippen molar-refractivity contribution in [1.82, 2.24) is 4.57 Å². The van der Waals surface area contributed by atoms with Gasteiger partial charge in [-0.15, -0.1) is 0 Å². The Labute approximate surface area is 213 Å². The van der Waals surface area contributed by atoms with Gasteiger partial charge in [0.05, 0.1) is 39.1 Å². The Balaban J connectivity index is 1.54. The average molecular weight is 485 g/mol. The molecule has 0 spiro atoms. The highest BCUT2D eigenvalue weighted by atomic mass is 16.5. The summed E-state index contributed by atoms with van der Waals surface area (Å²) in [6.07, 6.45) is 1.09. The monoisotopic (exact) mass is 484 g/mol. The molecule has 0 aliphatic rings. The summed E-state index contributed by atoms with van der Waals surface area (Å²) in [5.74, 6) is 0. The summed E-state index contributed by atoms with van der Waals surface area (Å²) in [6, 6.07) is 26.3. The van der Waals surface area contributed by atoms with Crippen molar-refractivity contribution in [3.8, 4) is 0 Å². The molecule has 0 radical (unpaired) electrons.